The number of benzene rings is 2. The van der Waals surface area contributed by atoms with Gasteiger partial charge in [-0.05, 0) is 88.0 Å². The van der Waals surface area contributed by atoms with Crippen molar-refractivity contribution in [2.45, 2.75) is 110 Å². The number of carbonyl (C=O) groups is 1. The van der Waals surface area contributed by atoms with Gasteiger partial charge >= 0.3 is 5.97 Å². The Hall–Kier alpha value is -3.41. The number of fused-ring (bicyclic) bond motifs is 2. The minimum absolute atomic E-state index is 0.156. The normalized spacial score (nSPS) is 20.7. The van der Waals surface area contributed by atoms with E-state index >= 15 is 0 Å². The van der Waals surface area contributed by atoms with Crippen molar-refractivity contribution >= 4 is 11.7 Å². The molecule has 0 N–H and O–H groups in total. The highest BCUT2D eigenvalue weighted by atomic mass is 16.6. The summed E-state index contributed by atoms with van der Waals surface area (Å²) in [6.07, 6.45) is 5.40. The summed E-state index contributed by atoms with van der Waals surface area (Å²) in [6.45, 7) is 14.6. The molecule has 0 radical (unpaired) electrons. The van der Waals surface area contributed by atoms with Crippen molar-refractivity contribution in [3.63, 3.8) is 0 Å². The van der Waals surface area contributed by atoms with E-state index < -0.39 is 11.6 Å². The number of rotatable bonds is 7. The Morgan fingerprint density at radius 2 is 1.54 bits per heavy atom. The van der Waals surface area contributed by atoms with Gasteiger partial charge in [0.1, 0.15) is 18.0 Å². The monoisotopic (exact) mass is 555 g/mol. The summed E-state index contributed by atoms with van der Waals surface area (Å²) in [4.78, 5) is 25.6. The van der Waals surface area contributed by atoms with Crippen LogP contribution in [0.1, 0.15) is 100 Å². The second-order valence-corrected chi connectivity index (χ2v) is 13.8. The van der Waals surface area contributed by atoms with Crippen molar-refractivity contribution in [2.75, 3.05) is 4.90 Å². The standard InChI is InChI=1S/C35H45N3O3/c1-23-32(40-22-24-11-9-8-10-12-24)31(33(39)41-35(5,6)7)37-30(36-23)21-25-19-28-17-18-29(20-25)38(28)27-15-13-26(14-16-27)34(2,3)4/h8-16,25,28-29H,17-22H2,1-7H3. The van der Waals surface area contributed by atoms with Crippen molar-refractivity contribution < 1.29 is 14.3 Å². The molecule has 2 aliphatic heterocycles. The lowest BCUT2D eigenvalue weighted by Gasteiger charge is -2.41. The third kappa shape index (κ3) is 6.91. The number of piperidine rings is 1. The molecule has 3 aromatic rings. The lowest BCUT2D eigenvalue weighted by atomic mass is 9.85. The molecule has 3 heterocycles. The van der Waals surface area contributed by atoms with Crippen LogP contribution in [0.5, 0.6) is 5.75 Å². The lowest BCUT2D eigenvalue weighted by molar-refractivity contribution is 0.00571. The molecule has 2 fully saturated rings. The minimum Gasteiger partial charge on any atom is -0.484 e. The zero-order valence-corrected chi connectivity index (χ0v) is 25.7. The number of carbonyl (C=O) groups excluding carboxylic acids is 1. The SMILES string of the molecule is Cc1nc(CC2CC3CCC(C2)N3c2ccc(C(C)(C)C)cc2)nc(C(=O)OC(C)(C)C)c1OCc1ccccc1. The van der Waals surface area contributed by atoms with Gasteiger partial charge in [0, 0.05) is 24.2 Å². The molecule has 0 spiro atoms. The van der Waals surface area contributed by atoms with E-state index in [1.54, 1.807) is 0 Å². The summed E-state index contributed by atoms with van der Waals surface area (Å²) < 4.78 is 11.9. The molecule has 218 valence electrons. The van der Waals surface area contributed by atoms with Crippen LogP contribution in [0.2, 0.25) is 0 Å². The van der Waals surface area contributed by atoms with Crippen LogP contribution in [-0.4, -0.2) is 33.6 Å². The molecular formula is C35H45N3O3. The average Bonchev–Trinajstić information content (AvgIpc) is 3.17. The molecule has 2 bridgehead atoms. The van der Waals surface area contributed by atoms with E-state index in [-0.39, 0.29) is 11.1 Å². The maximum Gasteiger partial charge on any atom is 0.361 e. The summed E-state index contributed by atoms with van der Waals surface area (Å²) in [5, 5.41) is 0. The Balaban J connectivity index is 1.33. The van der Waals surface area contributed by atoms with Crippen LogP contribution in [0.15, 0.2) is 54.6 Å². The maximum atomic E-state index is 13.3. The molecule has 41 heavy (non-hydrogen) atoms. The molecule has 0 aliphatic carbocycles. The quantitative estimate of drug-likeness (QED) is 0.280. The van der Waals surface area contributed by atoms with E-state index in [2.05, 4.69) is 49.9 Å². The number of hydrogen-bond donors (Lipinski definition) is 0. The largest absolute Gasteiger partial charge is 0.484 e. The van der Waals surface area contributed by atoms with E-state index in [1.165, 1.54) is 24.1 Å². The minimum atomic E-state index is -0.635. The van der Waals surface area contributed by atoms with Gasteiger partial charge in [-0.2, -0.15) is 0 Å². The van der Waals surface area contributed by atoms with E-state index in [0.29, 0.717) is 41.9 Å². The molecule has 2 aliphatic rings. The lowest BCUT2D eigenvalue weighted by Crippen LogP contribution is -2.43. The van der Waals surface area contributed by atoms with Crippen LogP contribution in [0.4, 0.5) is 5.69 Å². The van der Waals surface area contributed by atoms with Gasteiger partial charge in [0.25, 0.3) is 0 Å². The number of anilines is 1. The fourth-order valence-corrected chi connectivity index (χ4v) is 6.35. The van der Waals surface area contributed by atoms with Gasteiger partial charge in [-0.1, -0.05) is 63.2 Å². The van der Waals surface area contributed by atoms with Gasteiger partial charge in [0.05, 0.1) is 5.69 Å². The zero-order valence-electron chi connectivity index (χ0n) is 25.7. The Kier molecular flexibility index (Phi) is 8.13. The van der Waals surface area contributed by atoms with Gasteiger partial charge in [-0.15, -0.1) is 0 Å². The molecule has 6 nitrogen and oxygen atoms in total. The number of hydrogen-bond acceptors (Lipinski definition) is 6. The number of aryl methyl sites for hydroxylation is 1. The third-order valence-corrected chi connectivity index (χ3v) is 8.23. The van der Waals surface area contributed by atoms with Crippen molar-refractivity contribution in [2.24, 2.45) is 5.92 Å². The van der Waals surface area contributed by atoms with Crippen molar-refractivity contribution in [1.82, 2.24) is 9.97 Å². The maximum absolute atomic E-state index is 13.3. The molecule has 0 amide bonds. The fourth-order valence-electron chi connectivity index (χ4n) is 6.35. The Morgan fingerprint density at radius 3 is 2.12 bits per heavy atom. The third-order valence-electron chi connectivity index (χ3n) is 8.23. The van der Waals surface area contributed by atoms with Crippen LogP contribution < -0.4 is 9.64 Å². The van der Waals surface area contributed by atoms with E-state index in [1.807, 2.05) is 58.0 Å². The first-order valence-electron chi connectivity index (χ1n) is 15.0. The Morgan fingerprint density at radius 1 is 0.902 bits per heavy atom. The molecular weight excluding hydrogens is 510 g/mol. The summed E-state index contributed by atoms with van der Waals surface area (Å²) in [7, 11) is 0. The van der Waals surface area contributed by atoms with Crippen molar-refractivity contribution in [3.05, 3.63) is 82.9 Å². The molecule has 2 unspecified atom stereocenters. The first-order valence-corrected chi connectivity index (χ1v) is 15.0. The number of esters is 1. The van der Waals surface area contributed by atoms with Gasteiger partial charge in [0.2, 0.25) is 0 Å². The molecule has 1 aromatic heterocycles. The molecule has 2 saturated heterocycles. The molecule has 0 saturated carbocycles. The fraction of sp³-hybridized carbons (Fsp3) is 0.514. The van der Waals surface area contributed by atoms with Gasteiger partial charge in [0.15, 0.2) is 11.4 Å². The van der Waals surface area contributed by atoms with E-state index in [9.17, 15) is 4.79 Å². The van der Waals surface area contributed by atoms with E-state index in [4.69, 9.17) is 19.4 Å². The second kappa shape index (κ2) is 11.5. The highest BCUT2D eigenvalue weighted by molar-refractivity contribution is 5.91. The highest BCUT2D eigenvalue weighted by Gasteiger charge is 2.41. The van der Waals surface area contributed by atoms with Crippen LogP contribution in [0.25, 0.3) is 0 Å². The van der Waals surface area contributed by atoms with Crippen LogP contribution in [0, 0.1) is 12.8 Å². The zero-order chi connectivity index (χ0) is 29.4. The molecule has 2 aromatic carbocycles. The van der Waals surface area contributed by atoms with E-state index in [0.717, 1.165) is 24.8 Å². The second-order valence-electron chi connectivity index (χ2n) is 13.8. The smallest absolute Gasteiger partial charge is 0.361 e. The molecule has 6 heteroatoms. The molecule has 2 atom stereocenters. The summed E-state index contributed by atoms with van der Waals surface area (Å²) in [5.41, 5.74) is 4.13. The number of ether oxygens (including phenoxy) is 2. The number of aromatic nitrogens is 2. The average molecular weight is 556 g/mol. The first kappa shape index (κ1) is 29.1. The summed E-state index contributed by atoms with van der Waals surface area (Å²) in [5.74, 6) is 1.10. The predicted octanol–water partition coefficient (Wildman–Crippen LogP) is 7.61. The van der Waals surface area contributed by atoms with Crippen LogP contribution in [-0.2, 0) is 23.2 Å². The van der Waals surface area contributed by atoms with Crippen LogP contribution >= 0.6 is 0 Å². The van der Waals surface area contributed by atoms with Crippen LogP contribution in [0.3, 0.4) is 0 Å². The first-order chi connectivity index (χ1) is 19.4. The summed E-state index contributed by atoms with van der Waals surface area (Å²) in [6, 6.07) is 20.2. The number of nitrogens with zero attached hydrogens (tertiary/aromatic N) is 3. The Bertz CT molecular complexity index is 1340. The van der Waals surface area contributed by atoms with Gasteiger partial charge < -0.3 is 14.4 Å². The summed E-state index contributed by atoms with van der Waals surface area (Å²) >= 11 is 0. The molecule has 5 rings (SSSR count). The van der Waals surface area contributed by atoms with Gasteiger partial charge in [-0.25, -0.2) is 14.8 Å². The topological polar surface area (TPSA) is 64.6 Å². The van der Waals surface area contributed by atoms with Crippen molar-refractivity contribution in [1.29, 1.82) is 0 Å². The van der Waals surface area contributed by atoms with Gasteiger partial charge in [-0.3, -0.25) is 0 Å². The Labute approximate surface area is 245 Å². The highest BCUT2D eigenvalue weighted by Crippen LogP contribution is 2.43. The predicted molar refractivity (Wildman–Crippen MR) is 164 cm³/mol. The van der Waals surface area contributed by atoms with Crippen molar-refractivity contribution in [3.8, 4) is 5.75 Å².